The minimum Gasteiger partial charge on any atom is -0.469 e. The lowest BCUT2D eigenvalue weighted by atomic mass is 9.87. The Labute approximate surface area is 193 Å². The number of carbonyl (C=O) groups is 4. The van der Waals surface area contributed by atoms with Gasteiger partial charge in [-0.1, -0.05) is 13.8 Å². The number of amides is 2. The molecule has 2 N–H and O–H groups in total. The lowest BCUT2D eigenvalue weighted by molar-refractivity contribution is -0.159. The molecule has 1 unspecified atom stereocenters. The maximum Gasteiger partial charge on any atom is 0.576 e. The number of rotatable bonds is 9. The normalized spacial score (nSPS) is 25.2. The van der Waals surface area contributed by atoms with Gasteiger partial charge in [0.15, 0.2) is 6.10 Å². The van der Waals surface area contributed by atoms with E-state index in [4.69, 9.17) is 18.3 Å². The number of hydrogen-bond donors (Lipinski definition) is 2. The van der Waals surface area contributed by atoms with Gasteiger partial charge in [-0.05, 0) is 0 Å². The molecule has 0 aromatic heterocycles. The fraction of sp³-hybridized carbons (Fsp3) is 0.789. The van der Waals surface area contributed by atoms with Crippen LogP contribution < -0.4 is 5.32 Å². The van der Waals surface area contributed by atoms with Crippen molar-refractivity contribution in [2.24, 2.45) is 5.41 Å². The molecule has 2 fully saturated rings. The molecule has 2 aliphatic rings. The second-order valence-electron chi connectivity index (χ2n) is 8.38. The van der Waals surface area contributed by atoms with Crippen LogP contribution >= 0.6 is 8.17 Å². The molecule has 2 atom stereocenters. The number of esters is 2. The molecule has 2 aliphatic heterocycles. The summed E-state index contributed by atoms with van der Waals surface area (Å²) in [5.74, 6) is -1.60. The van der Waals surface area contributed by atoms with Crippen molar-refractivity contribution >= 4 is 31.9 Å². The third kappa shape index (κ3) is 8.43. The fourth-order valence-corrected chi connectivity index (χ4v) is 4.72. The van der Waals surface area contributed by atoms with Crippen molar-refractivity contribution in [3.05, 3.63) is 0 Å². The van der Waals surface area contributed by atoms with Crippen LogP contribution in [0.4, 0.5) is 0 Å². The summed E-state index contributed by atoms with van der Waals surface area (Å²) in [5.41, 5.74) is -0.788. The first kappa shape index (κ1) is 27.4. The molecule has 0 bridgehead atoms. The maximum absolute atomic E-state index is 12.5. The van der Waals surface area contributed by atoms with Gasteiger partial charge < -0.3 is 19.7 Å². The minimum atomic E-state index is -3.92. The van der Waals surface area contributed by atoms with Crippen molar-refractivity contribution in [2.75, 3.05) is 59.8 Å². The average Bonchev–Trinajstić information content (AvgIpc) is 2.75. The van der Waals surface area contributed by atoms with E-state index in [2.05, 4.69) is 10.1 Å². The molecule has 2 amide bonds. The Morgan fingerprint density at radius 1 is 1.15 bits per heavy atom. The van der Waals surface area contributed by atoms with Gasteiger partial charge in [0.1, 0.15) is 6.61 Å². The molecular formula is C19H33N3O10P+. The number of hydrogen-bond acceptors (Lipinski definition) is 11. The molecule has 2 heterocycles. The number of piperazine rings is 1. The molecule has 0 aliphatic carbocycles. The zero-order valence-electron chi connectivity index (χ0n) is 19.4. The van der Waals surface area contributed by atoms with Crippen LogP contribution in [0.5, 0.6) is 0 Å². The Morgan fingerprint density at radius 2 is 1.82 bits per heavy atom. The van der Waals surface area contributed by atoms with Gasteiger partial charge in [-0.15, -0.1) is 9.05 Å². The lowest BCUT2D eigenvalue weighted by Crippen LogP contribution is -2.50. The molecule has 0 spiro atoms. The van der Waals surface area contributed by atoms with Crippen LogP contribution in [-0.4, -0.2) is 104 Å². The van der Waals surface area contributed by atoms with Crippen LogP contribution in [0, 0.1) is 5.41 Å². The van der Waals surface area contributed by atoms with E-state index < -0.39 is 44.3 Å². The summed E-state index contributed by atoms with van der Waals surface area (Å²) >= 11 is 0. The van der Waals surface area contributed by atoms with Crippen LogP contribution in [-0.2, 0) is 42.2 Å². The van der Waals surface area contributed by atoms with Crippen molar-refractivity contribution in [2.45, 2.75) is 33.3 Å². The van der Waals surface area contributed by atoms with E-state index in [9.17, 15) is 24.1 Å². The Balaban J connectivity index is 1.77. The summed E-state index contributed by atoms with van der Waals surface area (Å²) in [6, 6.07) is 0. The van der Waals surface area contributed by atoms with Crippen LogP contribution in [0.15, 0.2) is 0 Å². The molecule has 2 rings (SSSR count). The highest BCUT2D eigenvalue weighted by molar-refractivity contribution is 7.55. The van der Waals surface area contributed by atoms with E-state index in [-0.39, 0.29) is 32.0 Å². The van der Waals surface area contributed by atoms with Gasteiger partial charge in [-0.2, -0.15) is 9.42 Å². The third-order valence-electron chi connectivity index (χ3n) is 5.25. The van der Waals surface area contributed by atoms with Crippen molar-refractivity contribution in [3.8, 4) is 0 Å². The number of nitrogens with one attached hydrogen (secondary N) is 1. The highest BCUT2D eigenvalue weighted by Gasteiger charge is 2.59. The Morgan fingerprint density at radius 3 is 2.42 bits per heavy atom. The fourth-order valence-electron chi connectivity index (χ4n) is 3.19. The van der Waals surface area contributed by atoms with E-state index in [0.29, 0.717) is 26.2 Å². The first-order chi connectivity index (χ1) is 15.5. The summed E-state index contributed by atoms with van der Waals surface area (Å²) in [6.07, 6.45) is -1.13. The van der Waals surface area contributed by atoms with E-state index in [1.807, 2.05) is 4.90 Å². The van der Waals surface area contributed by atoms with E-state index in [1.165, 1.54) is 14.0 Å². The van der Waals surface area contributed by atoms with Gasteiger partial charge in [0, 0.05) is 45.1 Å². The van der Waals surface area contributed by atoms with E-state index in [0.717, 1.165) is 0 Å². The largest absolute Gasteiger partial charge is 0.576 e. The van der Waals surface area contributed by atoms with Crippen molar-refractivity contribution < 1.29 is 47.1 Å². The van der Waals surface area contributed by atoms with Gasteiger partial charge >= 0.3 is 20.1 Å². The number of methoxy groups -OCH3 is 1. The molecule has 188 valence electrons. The second kappa shape index (κ2) is 12.0. The summed E-state index contributed by atoms with van der Waals surface area (Å²) in [5, 5.41) is 2.56. The van der Waals surface area contributed by atoms with Gasteiger partial charge in [-0.25, -0.2) is 0 Å². The molecule has 0 aromatic carbocycles. The molecule has 14 heteroatoms. The van der Waals surface area contributed by atoms with Crippen LogP contribution in [0.3, 0.4) is 0 Å². The molecule has 13 nitrogen and oxygen atoms in total. The van der Waals surface area contributed by atoms with Crippen LogP contribution in [0.2, 0.25) is 0 Å². The molecule has 0 radical (unpaired) electrons. The lowest BCUT2D eigenvalue weighted by Gasteiger charge is -2.36. The monoisotopic (exact) mass is 494 g/mol. The molecular weight excluding hydrogens is 461 g/mol. The molecule has 2 saturated heterocycles. The molecule has 0 saturated carbocycles. The summed E-state index contributed by atoms with van der Waals surface area (Å²) < 4.78 is 25.5. The average molecular weight is 494 g/mol. The van der Waals surface area contributed by atoms with Crippen LogP contribution in [0.1, 0.15) is 27.2 Å². The predicted molar refractivity (Wildman–Crippen MR) is 114 cm³/mol. The van der Waals surface area contributed by atoms with Gasteiger partial charge in [0.05, 0.1) is 20.1 Å². The maximum atomic E-state index is 12.5. The van der Waals surface area contributed by atoms with Crippen LogP contribution in [0.25, 0.3) is 0 Å². The Hall–Kier alpha value is -1.89. The van der Waals surface area contributed by atoms with Crippen molar-refractivity contribution in [1.29, 1.82) is 0 Å². The second-order valence-corrected chi connectivity index (χ2v) is 10.0. The number of ether oxygens (including phenoxy) is 2. The predicted octanol–water partition coefficient (Wildman–Crippen LogP) is -0.541. The third-order valence-corrected chi connectivity index (χ3v) is 6.61. The summed E-state index contributed by atoms with van der Waals surface area (Å²) in [7, 11) is -2.67. The Bertz CT molecular complexity index is 729. The first-order valence-electron chi connectivity index (χ1n) is 10.5. The molecule has 0 aromatic rings. The standard InChI is InChI=1S/C19H32N3O10P/c1-14(23)22-9-7-21(8-10-22)11-16(25)29-13-31-33(27)30-12-19(2,3)17(32-33)18(26)20-6-5-15(24)28-4/h17,27H,5-13H2,1-4H3/p+1/t17-,33?/m0/s1. The topological polar surface area (TPSA) is 153 Å². The Kier molecular flexibility index (Phi) is 9.95. The SMILES string of the molecule is COC(=O)CCNC(=O)[C@@H]1O[P+](O)(OCOC(=O)CN2CCN(C(C)=O)CC2)OCC1(C)C. The molecule has 33 heavy (non-hydrogen) atoms. The highest BCUT2D eigenvalue weighted by atomic mass is 31.2. The first-order valence-corrected chi connectivity index (χ1v) is 12.0. The summed E-state index contributed by atoms with van der Waals surface area (Å²) in [6.45, 7) is 6.47. The van der Waals surface area contributed by atoms with Gasteiger partial charge in [0.25, 0.3) is 5.91 Å². The minimum absolute atomic E-state index is 0.00560. The van der Waals surface area contributed by atoms with Gasteiger partial charge in [-0.3, -0.25) is 24.1 Å². The number of carbonyl (C=O) groups excluding carboxylic acids is 4. The number of nitrogens with zero attached hydrogens (tertiary/aromatic N) is 2. The zero-order valence-corrected chi connectivity index (χ0v) is 20.3. The van der Waals surface area contributed by atoms with Crippen molar-refractivity contribution in [3.63, 3.8) is 0 Å². The summed E-state index contributed by atoms with van der Waals surface area (Å²) in [4.78, 5) is 61.2. The smallest absolute Gasteiger partial charge is 0.469 e. The zero-order chi connectivity index (χ0) is 24.6. The van der Waals surface area contributed by atoms with E-state index >= 15 is 0 Å². The van der Waals surface area contributed by atoms with Crippen molar-refractivity contribution in [1.82, 2.24) is 15.1 Å². The highest BCUT2D eigenvalue weighted by Crippen LogP contribution is 2.63. The van der Waals surface area contributed by atoms with Gasteiger partial charge in [0.2, 0.25) is 12.7 Å². The quantitative estimate of drug-likeness (QED) is 0.241. The van der Waals surface area contributed by atoms with E-state index in [1.54, 1.807) is 18.7 Å².